The molecule has 0 aliphatic carbocycles. The van der Waals surface area contributed by atoms with E-state index in [1.807, 2.05) is 11.5 Å². The van der Waals surface area contributed by atoms with E-state index >= 15 is 0 Å². The average Bonchev–Trinajstić information content (AvgIpc) is 3.00. The summed E-state index contributed by atoms with van der Waals surface area (Å²) in [6.45, 7) is 7.94. The Hall–Kier alpha value is -2.42. The molecule has 1 amide bonds. The molecule has 2 heterocycles. The molecular formula is C21H25ClF3N3O3. The van der Waals surface area contributed by atoms with Gasteiger partial charge >= 0.3 is 12.3 Å². The van der Waals surface area contributed by atoms with Crippen molar-refractivity contribution in [2.24, 2.45) is 0 Å². The fourth-order valence-corrected chi connectivity index (χ4v) is 3.80. The van der Waals surface area contributed by atoms with Gasteiger partial charge < -0.3 is 14.0 Å². The lowest BCUT2D eigenvalue weighted by atomic mass is 10.1. The highest BCUT2D eigenvalue weighted by Crippen LogP contribution is 2.35. The summed E-state index contributed by atoms with van der Waals surface area (Å²) >= 11 is 6.39. The molecule has 3 rings (SSSR count). The smallest absolute Gasteiger partial charge is 0.416 e. The highest BCUT2D eigenvalue weighted by Gasteiger charge is 2.38. The number of amides is 1. The summed E-state index contributed by atoms with van der Waals surface area (Å²) in [5.74, 6) is 0.815. The Morgan fingerprint density at radius 2 is 1.97 bits per heavy atom. The zero-order valence-electron chi connectivity index (χ0n) is 17.8. The molecule has 0 fully saturated rings. The first-order valence-corrected chi connectivity index (χ1v) is 10.3. The second kappa shape index (κ2) is 8.61. The molecule has 6 nitrogen and oxygen atoms in total. The Morgan fingerprint density at radius 3 is 2.58 bits per heavy atom. The van der Waals surface area contributed by atoms with Crippen molar-refractivity contribution in [3.63, 3.8) is 0 Å². The number of nitrogens with zero attached hydrogens (tertiary/aromatic N) is 3. The van der Waals surface area contributed by atoms with Gasteiger partial charge in [-0.25, -0.2) is 9.78 Å². The number of fused-ring (bicyclic) bond motifs is 1. The van der Waals surface area contributed by atoms with Crippen LogP contribution >= 0.6 is 11.6 Å². The van der Waals surface area contributed by atoms with Crippen LogP contribution in [-0.2, 0) is 23.9 Å². The van der Waals surface area contributed by atoms with Gasteiger partial charge in [-0.2, -0.15) is 13.2 Å². The van der Waals surface area contributed by atoms with E-state index in [4.69, 9.17) is 21.1 Å². The highest BCUT2D eigenvalue weighted by molar-refractivity contribution is 6.30. The van der Waals surface area contributed by atoms with Crippen LogP contribution in [0.5, 0.6) is 5.75 Å². The molecule has 10 heteroatoms. The van der Waals surface area contributed by atoms with E-state index in [1.165, 1.54) is 17.0 Å². The largest absolute Gasteiger partial charge is 0.491 e. The summed E-state index contributed by atoms with van der Waals surface area (Å²) in [6, 6.07) is 3.94. The molecule has 1 aromatic heterocycles. The molecule has 1 aliphatic rings. The molecule has 0 spiro atoms. The Balaban J connectivity index is 1.91. The molecule has 1 aliphatic heterocycles. The van der Waals surface area contributed by atoms with Gasteiger partial charge in [0.2, 0.25) is 0 Å². The van der Waals surface area contributed by atoms with Crippen LogP contribution in [0.15, 0.2) is 24.3 Å². The van der Waals surface area contributed by atoms with Crippen molar-refractivity contribution in [1.82, 2.24) is 14.5 Å². The number of imidazole rings is 1. The summed E-state index contributed by atoms with van der Waals surface area (Å²) in [7, 11) is 0. The van der Waals surface area contributed by atoms with Gasteiger partial charge in [0.25, 0.3) is 0 Å². The first kappa shape index (κ1) is 23.2. The molecule has 0 saturated carbocycles. The van der Waals surface area contributed by atoms with Crippen LogP contribution in [-0.4, -0.2) is 39.3 Å². The number of ether oxygens (including phenoxy) is 2. The van der Waals surface area contributed by atoms with Crippen molar-refractivity contribution < 1.29 is 27.4 Å². The fraction of sp³-hybridized carbons (Fsp3) is 0.524. The van der Waals surface area contributed by atoms with Crippen molar-refractivity contribution in [1.29, 1.82) is 0 Å². The standard InChI is InChI=1S/C21H25ClF3N3O3/c1-5-16-26-18(22)17-15(12-30-14-8-6-7-13(11-14)21(23,24)25)27(9-10-28(16)17)19(29)31-20(2,3)4/h6-8,11,15H,5,9-10,12H2,1-4H3. The molecule has 1 unspecified atom stereocenters. The lowest BCUT2D eigenvalue weighted by Gasteiger charge is -2.37. The number of halogens is 4. The minimum atomic E-state index is -4.48. The maximum absolute atomic E-state index is 13.0. The highest BCUT2D eigenvalue weighted by atomic mass is 35.5. The Morgan fingerprint density at radius 1 is 1.26 bits per heavy atom. The number of hydrogen-bond donors (Lipinski definition) is 0. The number of aromatic nitrogens is 2. The Labute approximate surface area is 183 Å². The van der Waals surface area contributed by atoms with Gasteiger partial charge in [-0.15, -0.1) is 0 Å². The lowest BCUT2D eigenvalue weighted by molar-refractivity contribution is -0.137. The molecule has 170 valence electrons. The van der Waals surface area contributed by atoms with E-state index in [1.54, 1.807) is 20.8 Å². The van der Waals surface area contributed by atoms with Crippen LogP contribution in [0.1, 0.15) is 50.8 Å². The van der Waals surface area contributed by atoms with Gasteiger partial charge in [0.1, 0.15) is 29.8 Å². The van der Waals surface area contributed by atoms with Gasteiger partial charge in [-0.1, -0.05) is 24.6 Å². The minimum Gasteiger partial charge on any atom is -0.491 e. The SMILES string of the molecule is CCc1nc(Cl)c2n1CCN(C(=O)OC(C)(C)C)C2COc1cccc(C(F)(F)F)c1. The Kier molecular flexibility index (Phi) is 6.45. The van der Waals surface area contributed by atoms with Crippen molar-refractivity contribution >= 4 is 17.7 Å². The fourth-order valence-electron chi connectivity index (χ4n) is 3.47. The van der Waals surface area contributed by atoms with E-state index in [0.717, 1.165) is 18.0 Å². The monoisotopic (exact) mass is 459 g/mol. The van der Waals surface area contributed by atoms with E-state index in [9.17, 15) is 18.0 Å². The van der Waals surface area contributed by atoms with Gasteiger partial charge in [-0.05, 0) is 39.0 Å². The van der Waals surface area contributed by atoms with E-state index < -0.39 is 29.5 Å². The van der Waals surface area contributed by atoms with Gasteiger partial charge in [0.05, 0.1) is 11.3 Å². The van der Waals surface area contributed by atoms with Crippen molar-refractivity contribution in [3.8, 4) is 5.75 Å². The van der Waals surface area contributed by atoms with Crippen molar-refractivity contribution in [3.05, 3.63) is 46.5 Å². The quantitative estimate of drug-likeness (QED) is 0.606. The second-order valence-corrected chi connectivity index (χ2v) is 8.59. The lowest BCUT2D eigenvalue weighted by Crippen LogP contribution is -2.46. The number of alkyl halides is 3. The van der Waals surface area contributed by atoms with Gasteiger partial charge in [-0.3, -0.25) is 4.90 Å². The zero-order chi connectivity index (χ0) is 23.0. The topological polar surface area (TPSA) is 56.6 Å². The molecule has 1 atom stereocenters. The van der Waals surface area contributed by atoms with Crippen LogP contribution in [0.3, 0.4) is 0 Å². The van der Waals surface area contributed by atoms with Crippen LogP contribution in [0.2, 0.25) is 5.15 Å². The maximum Gasteiger partial charge on any atom is 0.416 e. The molecule has 0 N–H and O–H groups in total. The van der Waals surface area contributed by atoms with Crippen molar-refractivity contribution in [2.75, 3.05) is 13.2 Å². The second-order valence-electron chi connectivity index (χ2n) is 8.24. The molecule has 0 radical (unpaired) electrons. The molecule has 1 aromatic carbocycles. The molecule has 0 bridgehead atoms. The zero-order valence-corrected chi connectivity index (χ0v) is 18.5. The number of benzene rings is 1. The predicted molar refractivity (Wildman–Crippen MR) is 109 cm³/mol. The Bertz CT molecular complexity index is 954. The summed E-state index contributed by atoms with van der Waals surface area (Å²) in [4.78, 5) is 18.7. The number of rotatable bonds is 4. The predicted octanol–water partition coefficient (Wildman–Crippen LogP) is 5.49. The summed E-state index contributed by atoms with van der Waals surface area (Å²) in [5, 5.41) is 0.239. The minimum absolute atomic E-state index is 0.0439. The van der Waals surface area contributed by atoms with E-state index in [2.05, 4.69) is 4.98 Å². The average molecular weight is 460 g/mol. The van der Waals surface area contributed by atoms with Crippen LogP contribution < -0.4 is 4.74 Å². The third-order valence-corrected chi connectivity index (χ3v) is 5.09. The van der Waals surface area contributed by atoms with Crippen LogP contribution in [0.4, 0.5) is 18.0 Å². The van der Waals surface area contributed by atoms with Gasteiger partial charge in [0.15, 0.2) is 5.15 Å². The summed E-state index contributed by atoms with van der Waals surface area (Å²) < 4.78 is 52.2. The van der Waals surface area contributed by atoms with Crippen LogP contribution in [0, 0.1) is 0 Å². The third kappa shape index (κ3) is 5.26. The molecule has 2 aromatic rings. The van der Waals surface area contributed by atoms with E-state index in [-0.39, 0.29) is 17.5 Å². The summed E-state index contributed by atoms with van der Waals surface area (Å²) in [6.07, 6.45) is -4.38. The normalized spacial score (nSPS) is 16.8. The number of carbonyl (C=O) groups excluding carboxylic acids is 1. The third-order valence-electron chi connectivity index (χ3n) is 4.81. The molecular weight excluding hydrogens is 435 g/mol. The first-order valence-electron chi connectivity index (χ1n) is 9.95. The summed E-state index contributed by atoms with van der Waals surface area (Å²) in [5.41, 5.74) is -0.934. The number of aryl methyl sites for hydroxylation is 1. The van der Waals surface area contributed by atoms with Crippen LogP contribution in [0.25, 0.3) is 0 Å². The van der Waals surface area contributed by atoms with E-state index in [0.29, 0.717) is 25.2 Å². The van der Waals surface area contributed by atoms with Gasteiger partial charge in [0, 0.05) is 19.5 Å². The van der Waals surface area contributed by atoms with Crippen molar-refractivity contribution in [2.45, 2.75) is 58.5 Å². The molecule has 31 heavy (non-hydrogen) atoms. The maximum atomic E-state index is 13.0. The first-order chi connectivity index (χ1) is 14.4. The molecule has 0 saturated heterocycles. The number of carbonyl (C=O) groups is 1. The number of hydrogen-bond acceptors (Lipinski definition) is 4.